The number of halogens is 2. The highest BCUT2D eigenvalue weighted by molar-refractivity contribution is 5.03. The minimum Gasteiger partial charge on any atom is -0.379 e. The van der Waals surface area contributed by atoms with Crippen LogP contribution in [0.15, 0.2) is 0 Å². The van der Waals surface area contributed by atoms with Crippen LogP contribution in [0.3, 0.4) is 0 Å². The molecule has 1 nitrogen and oxygen atoms in total. The SMILES string of the molecule is CCOC1CCC(C2CC3CC(C)C(F)C3C2F)CC1. The van der Waals surface area contributed by atoms with Crippen molar-refractivity contribution in [2.75, 3.05) is 6.61 Å². The molecule has 0 spiro atoms. The zero-order chi connectivity index (χ0) is 14.3. The predicted molar refractivity (Wildman–Crippen MR) is 76.0 cm³/mol. The second-order valence-electron chi connectivity index (χ2n) is 7.33. The Balaban J connectivity index is 1.58. The van der Waals surface area contributed by atoms with E-state index in [1.807, 2.05) is 13.8 Å². The van der Waals surface area contributed by atoms with Crippen LogP contribution in [0.2, 0.25) is 0 Å². The monoisotopic (exact) mass is 286 g/mol. The van der Waals surface area contributed by atoms with Crippen molar-refractivity contribution in [3.05, 3.63) is 0 Å². The molecule has 0 bridgehead atoms. The van der Waals surface area contributed by atoms with E-state index in [4.69, 9.17) is 4.74 Å². The van der Waals surface area contributed by atoms with E-state index in [1.54, 1.807) is 0 Å². The van der Waals surface area contributed by atoms with Gasteiger partial charge in [0.05, 0.1) is 6.10 Å². The molecule has 0 radical (unpaired) electrons. The molecule has 3 heteroatoms. The molecule has 0 N–H and O–H groups in total. The van der Waals surface area contributed by atoms with Gasteiger partial charge in [0.25, 0.3) is 0 Å². The molecule has 3 aliphatic carbocycles. The minimum atomic E-state index is -0.903. The minimum absolute atomic E-state index is 0.0675. The Kier molecular flexibility index (Phi) is 4.35. The highest BCUT2D eigenvalue weighted by atomic mass is 19.1. The molecule has 0 aromatic heterocycles. The molecule has 6 unspecified atom stereocenters. The first-order chi connectivity index (χ1) is 9.61. The third-order valence-corrected chi connectivity index (χ3v) is 6.21. The molecule has 0 aliphatic heterocycles. The zero-order valence-electron chi connectivity index (χ0n) is 12.7. The highest BCUT2D eigenvalue weighted by Gasteiger charge is 2.55. The van der Waals surface area contributed by atoms with Gasteiger partial charge in [0, 0.05) is 12.5 Å². The van der Waals surface area contributed by atoms with Gasteiger partial charge in [0.1, 0.15) is 12.3 Å². The largest absolute Gasteiger partial charge is 0.379 e. The second-order valence-corrected chi connectivity index (χ2v) is 7.33. The molecular weight excluding hydrogens is 258 g/mol. The lowest BCUT2D eigenvalue weighted by Gasteiger charge is -2.34. The fourth-order valence-corrected chi connectivity index (χ4v) is 5.23. The van der Waals surface area contributed by atoms with Crippen LogP contribution >= 0.6 is 0 Å². The third kappa shape index (κ3) is 2.51. The Morgan fingerprint density at radius 1 is 0.950 bits per heavy atom. The molecule has 0 aromatic rings. The lowest BCUT2D eigenvalue weighted by atomic mass is 9.76. The quantitative estimate of drug-likeness (QED) is 0.739. The lowest BCUT2D eigenvalue weighted by molar-refractivity contribution is 0.00822. The van der Waals surface area contributed by atoms with Crippen LogP contribution in [0.5, 0.6) is 0 Å². The number of hydrogen-bond donors (Lipinski definition) is 0. The number of hydrogen-bond acceptors (Lipinski definition) is 1. The van der Waals surface area contributed by atoms with Crippen LogP contribution < -0.4 is 0 Å². The van der Waals surface area contributed by atoms with E-state index in [2.05, 4.69) is 0 Å². The van der Waals surface area contributed by atoms with Gasteiger partial charge in [0.2, 0.25) is 0 Å². The molecule has 6 atom stereocenters. The normalized spacial score (nSPS) is 52.2. The van der Waals surface area contributed by atoms with Crippen molar-refractivity contribution in [3.63, 3.8) is 0 Å². The summed E-state index contributed by atoms with van der Waals surface area (Å²) in [4.78, 5) is 0. The molecule has 0 aromatic carbocycles. The van der Waals surface area contributed by atoms with Gasteiger partial charge in [-0.15, -0.1) is 0 Å². The van der Waals surface area contributed by atoms with Crippen LogP contribution in [0.1, 0.15) is 52.4 Å². The first-order valence-electron chi connectivity index (χ1n) is 8.51. The van der Waals surface area contributed by atoms with Crippen LogP contribution in [0, 0.1) is 29.6 Å². The van der Waals surface area contributed by atoms with Crippen molar-refractivity contribution in [2.24, 2.45) is 29.6 Å². The van der Waals surface area contributed by atoms with Gasteiger partial charge in [-0.25, -0.2) is 8.78 Å². The summed E-state index contributed by atoms with van der Waals surface area (Å²) in [6.07, 6.45) is 4.68. The molecule has 3 fully saturated rings. The van der Waals surface area contributed by atoms with Gasteiger partial charge in [-0.05, 0) is 69.1 Å². The summed E-state index contributed by atoms with van der Waals surface area (Å²) >= 11 is 0. The maximum Gasteiger partial charge on any atom is 0.109 e. The summed E-state index contributed by atoms with van der Waals surface area (Å²) in [5, 5.41) is 0. The fourth-order valence-electron chi connectivity index (χ4n) is 5.23. The Labute approximate surface area is 121 Å². The van der Waals surface area contributed by atoms with E-state index in [9.17, 15) is 8.78 Å². The maximum absolute atomic E-state index is 14.7. The fraction of sp³-hybridized carbons (Fsp3) is 1.00. The first-order valence-corrected chi connectivity index (χ1v) is 8.51. The van der Waals surface area contributed by atoms with E-state index < -0.39 is 12.3 Å². The summed E-state index contributed by atoms with van der Waals surface area (Å²) in [6.45, 7) is 4.75. The van der Waals surface area contributed by atoms with Crippen LogP contribution in [-0.4, -0.2) is 25.1 Å². The van der Waals surface area contributed by atoms with Crippen molar-refractivity contribution >= 4 is 0 Å². The number of rotatable bonds is 3. The molecule has 3 rings (SSSR count). The Morgan fingerprint density at radius 2 is 1.65 bits per heavy atom. The van der Waals surface area contributed by atoms with Gasteiger partial charge in [-0.1, -0.05) is 6.92 Å². The van der Waals surface area contributed by atoms with Crippen molar-refractivity contribution < 1.29 is 13.5 Å². The van der Waals surface area contributed by atoms with Crippen molar-refractivity contribution in [2.45, 2.75) is 70.8 Å². The smallest absolute Gasteiger partial charge is 0.109 e. The van der Waals surface area contributed by atoms with Gasteiger partial charge in [-0.2, -0.15) is 0 Å². The standard InChI is InChI=1S/C17H28F2O/c1-3-20-13-6-4-11(5-7-13)14-9-12-8-10(2)16(18)15(12)17(14)19/h10-17H,3-9H2,1-2H3. The lowest BCUT2D eigenvalue weighted by Crippen LogP contribution is -2.32. The average Bonchev–Trinajstić information content (AvgIpc) is 2.90. The summed E-state index contributed by atoms with van der Waals surface area (Å²) in [5.41, 5.74) is 0. The predicted octanol–water partition coefficient (Wildman–Crippen LogP) is 4.55. The second kappa shape index (κ2) is 5.90. The number of alkyl halides is 2. The molecule has 20 heavy (non-hydrogen) atoms. The maximum atomic E-state index is 14.7. The van der Waals surface area contributed by atoms with Crippen LogP contribution in [0.4, 0.5) is 8.78 Å². The van der Waals surface area contributed by atoms with Crippen molar-refractivity contribution in [1.82, 2.24) is 0 Å². The summed E-state index contributed by atoms with van der Waals surface area (Å²) in [5.74, 6) is 0.676. The highest BCUT2D eigenvalue weighted by Crippen LogP contribution is 2.55. The van der Waals surface area contributed by atoms with E-state index >= 15 is 0 Å². The summed E-state index contributed by atoms with van der Waals surface area (Å²) < 4.78 is 34.6. The Morgan fingerprint density at radius 3 is 2.25 bits per heavy atom. The summed E-state index contributed by atoms with van der Waals surface area (Å²) in [7, 11) is 0. The van der Waals surface area contributed by atoms with Crippen LogP contribution in [-0.2, 0) is 4.74 Å². The van der Waals surface area contributed by atoms with E-state index in [1.165, 1.54) is 0 Å². The first kappa shape index (κ1) is 14.7. The van der Waals surface area contributed by atoms with Gasteiger partial charge >= 0.3 is 0 Å². The Hall–Kier alpha value is -0.180. The number of fused-ring (bicyclic) bond motifs is 1. The van der Waals surface area contributed by atoms with Gasteiger partial charge < -0.3 is 4.74 Å². The number of ether oxygens (including phenoxy) is 1. The Bertz CT molecular complexity index is 327. The average molecular weight is 286 g/mol. The van der Waals surface area contributed by atoms with Crippen molar-refractivity contribution in [1.29, 1.82) is 0 Å². The third-order valence-electron chi connectivity index (χ3n) is 6.21. The van der Waals surface area contributed by atoms with Crippen molar-refractivity contribution in [3.8, 4) is 0 Å². The van der Waals surface area contributed by atoms with Gasteiger partial charge in [-0.3, -0.25) is 0 Å². The van der Waals surface area contributed by atoms with Gasteiger partial charge in [0.15, 0.2) is 0 Å². The van der Waals surface area contributed by atoms with E-state index in [0.717, 1.165) is 45.1 Å². The molecule has 0 saturated heterocycles. The topological polar surface area (TPSA) is 9.23 Å². The zero-order valence-corrected chi connectivity index (χ0v) is 12.7. The summed E-state index contributed by atoms with van der Waals surface area (Å²) in [6, 6.07) is 0. The molecule has 3 saturated carbocycles. The molecular formula is C17H28F2O. The molecule has 3 aliphatic rings. The van der Waals surface area contributed by atoms with E-state index in [0.29, 0.717) is 17.9 Å². The van der Waals surface area contributed by atoms with Crippen LogP contribution in [0.25, 0.3) is 0 Å². The molecule has 0 heterocycles. The molecule has 116 valence electrons. The molecule has 0 amide bonds. The van der Waals surface area contributed by atoms with E-state index in [-0.39, 0.29) is 17.8 Å².